The summed E-state index contributed by atoms with van der Waals surface area (Å²) in [6.07, 6.45) is 5.95. The molecule has 0 radical (unpaired) electrons. The van der Waals surface area contributed by atoms with Crippen LogP contribution in [0.5, 0.6) is 23.0 Å². The van der Waals surface area contributed by atoms with Crippen LogP contribution in [0.3, 0.4) is 0 Å². The van der Waals surface area contributed by atoms with E-state index in [2.05, 4.69) is 6.58 Å². The normalized spacial score (nSPS) is 11.1. The Kier molecular flexibility index (Phi) is 11.3. The molecule has 192 valence electrons. The average Bonchev–Trinajstić information content (AvgIpc) is 2.91. The zero-order chi connectivity index (χ0) is 26.5. The van der Waals surface area contributed by atoms with Crippen molar-refractivity contribution >= 4 is 23.7 Å². The van der Waals surface area contributed by atoms with Crippen molar-refractivity contribution < 1.29 is 38.0 Å². The minimum absolute atomic E-state index is 0.00751. The highest BCUT2D eigenvalue weighted by Crippen LogP contribution is 2.29. The second-order valence-electron chi connectivity index (χ2n) is 7.55. The lowest BCUT2D eigenvalue weighted by atomic mass is 9.93. The smallest absolute Gasteiger partial charge is 0.188 e. The van der Waals surface area contributed by atoms with E-state index in [1.807, 2.05) is 0 Å². The molecule has 0 aliphatic rings. The fourth-order valence-corrected chi connectivity index (χ4v) is 3.27. The Labute approximate surface area is 211 Å². The van der Waals surface area contributed by atoms with Crippen LogP contribution in [0.15, 0.2) is 60.9 Å². The van der Waals surface area contributed by atoms with Crippen LogP contribution < -0.4 is 18.9 Å². The van der Waals surface area contributed by atoms with Crippen molar-refractivity contribution in [2.24, 2.45) is 5.92 Å². The van der Waals surface area contributed by atoms with Crippen LogP contribution in [-0.2, 0) is 19.1 Å². The number of hydrogen-bond acceptors (Lipinski definition) is 8. The Morgan fingerprint density at radius 2 is 1.19 bits per heavy atom. The molecule has 0 bridgehead atoms. The summed E-state index contributed by atoms with van der Waals surface area (Å²) in [6.45, 7) is 3.77. The predicted molar refractivity (Wildman–Crippen MR) is 137 cm³/mol. The summed E-state index contributed by atoms with van der Waals surface area (Å²) in [5, 5.41) is 0. The standard InChI is InChI=1S/C28H32O8/c1-19(36-18-31-2)15-22(23(29)11-7-20-9-13-25(32-3)27(16-20)34-5)24(30)12-8-21-10-14-26(33-4)28(17-21)35-6/h7-14,16-17,22H,1,15,18H2,2-6H3/b11-7+,12-8+. The van der Waals surface area contributed by atoms with Crippen LogP contribution >= 0.6 is 0 Å². The predicted octanol–water partition coefficient (Wildman–Crippen LogP) is 4.73. The van der Waals surface area contributed by atoms with Gasteiger partial charge in [0.15, 0.2) is 41.4 Å². The van der Waals surface area contributed by atoms with Crippen molar-refractivity contribution in [3.8, 4) is 23.0 Å². The van der Waals surface area contributed by atoms with E-state index in [4.69, 9.17) is 28.4 Å². The van der Waals surface area contributed by atoms with Crippen LogP contribution in [0.2, 0.25) is 0 Å². The lowest BCUT2D eigenvalue weighted by molar-refractivity contribution is -0.127. The number of methoxy groups -OCH3 is 5. The number of rotatable bonds is 15. The molecular weight excluding hydrogens is 464 g/mol. The topological polar surface area (TPSA) is 89.5 Å². The molecule has 2 aromatic carbocycles. The molecule has 2 aromatic rings. The van der Waals surface area contributed by atoms with Crippen molar-refractivity contribution in [1.29, 1.82) is 0 Å². The maximum atomic E-state index is 13.1. The average molecular weight is 497 g/mol. The van der Waals surface area contributed by atoms with E-state index in [1.165, 1.54) is 33.5 Å². The summed E-state index contributed by atoms with van der Waals surface area (Å²) in [7, 11) is 7.62. The molecule has 0 heterocycles. The van der Waals surface area contributed by atoms with E-state index in [1.54, 1.807) is 62.8 Å². The number of carbonyl (C=O) groups is 2. The third kappa shape index (κ3) is 8.02. The third-order valence-corrected chi connectivity index (χ3v) is 5.19. The van der Waals surface area contributed by atoms with Gasteiger partial charge in [0, 0.05) is 13.5 Å². The molecule has 0 N–H and O–H groups in total. The summed E-state index contributed by atoms with van der Waals surface area (Å²) in [5.41, 5.74) is 1.42. The van der Waals surface area contributed by atoms with Crippen molar-refractivity contribution in [1.82, 2.24) is 0 Å². The molecule has 0 aliphatic carbocycles. The molecule has 0 saturated carbocycles. The van der Waals surface area contributed by atoms with Crippen molar-refractivity contribution in [3.05, 3.63) is 72.0 Å². The largest absolute Gasteiger partial charge is 0.493 e. The van der Waals surface area contributed by atoms with Gasteiger partial charge in [-0.1, -0.05) is 30.9 Å². The number of allylic oxidation sites excluding steroid dienone is 3. The fraction of sp³-hybridized carbons (Fsp3) is 0.286. The van der Waals surface area contributed by atoms with Crippen LogP contribution in [0.4, 0.5) is 0 Å². The molecule has 2 rings (SSSR count). The lowest BCUT2D eigenvalue weighted by Crippen LogP contribution is -2.22. The van der Waals surface area contributed by atoms with Crippen LogP contribution in [-0.4, -0.2) is 53.9 Å². The lowest BCUT2D eigenvalue weighted by Gasteiger charge is -2.14. The maximum absolute atomic E-state index is 13.1. The van der Waals surface area contributed by atoms with Gasteiger partial charge in [-0.05, 0) is 47.5 Å². The van der Waals surface area contributed by atoms with Crippen LogP contribution in [0, 0.1) is 5.92 Å². The van der Waals surface area contributed by atoms with Gasteiger partial charge in [-0.15, -0.1) is 0 Å². The van der Waals surface area contributed by atoms with Gasteiger partial charge in [-0.3, -0.25) is 9.59 Å². The van der Waals surface area contributed by atoms with Gasteiger partial charge in [0.2, 0.25) is 0 Å². The molecule has 0 fully saturated rings. The Morgan fingerprint density at radius 3 is 1.58 bits per heavy atom. The Morgan fingerprint density at radius 1 is 0.750 bits per heavy atom. The number of hydrogen-bond donors (Lipinski definition) is 0. The highest BCUT2D eigenvalue weighted by molar-refractivity contribution is 6.13. The highest BCUT2D eigenvalue weighted by Gasteiger charge is 2.24. The summed E-state index contributed by atoms with van der Waals surface area (Å²) in [4.78, 5) is 26.2. The Bertz CT molecular complexity index is 1040. The molecule has 0 atom stereocenters. The number of benzene rings is 2. The van der Waals surface area contributed by atoms with E-state index >= 15 is 0 Å². The first-order chi connectivity index (χ1) is 17.4. The SMILES string of the molecule is C=C(CC(C(=O)/C=C/c1ccc(OC)c(OC)c1)C(=O)/C=C/c1ccc(OC)c(OC)c1)OCOC. The van der Waals surface area contributed by atoms with E-state index < -0.39 is 17.5 Å². The van der Waals surface area contributed by atoms with Crippen molar-refractivity contribution in [2.75, 3.05) is 42.3 Å². The van der Waals surface area contributed by atoms with Gasteiger partial charge in [0.25, 0.3) is 0 Å². The maximum Gasteiger partial charge on any atom is 0.188 e. The zero-order valence-electron chi connectivity index (χ0n) is 21.2. The van der Waals surface area contributed by atoms with E-state index in [0.717, 1.165) is 0 Å². The molecular formula is C28H32O8. The van der Waals surface area contributed by atoms with Crippen LogP contribution in [0.1, 0.15) is 17.5 Å². The number of ketones is 2. The van der Waals surface area contributed by atoms with E-state index in [9.17, 15) is 9.59 Å². The third-order valence-electron chi connectivity index (χ3n) is 5.19. The molecule has 0 aliphatic heterocycles. The minimum Gasteiger partial charge on any atom is -0.493 e. The molecule has 36 heavy (non-hydrogen) atoms. The minimum atomic E-state index is -1.03. The Hall–Kier alpha value is -4.04. The summed E-state index contributed by atoms with van der Waals surface area (Å²) in [6, 6.07) is 10.5. The highest BCUT2D eigenvalue weighted by atomic mass is 16.7. The molecule has 8 heteroatoms. The first kappa shape index (κ1) is 28.2. The van der Waals surface area contributed by atoms with Gasteiger partial charge >= 0.3 is 0 Å². The monoisotopic (exact) mass is 496 g/mol. The molecule has 0 unspecified atom stereocenters. The molecule has 8 nitrogen and oxygen atoms in total. The number of carbonyl (C=O) groups excluding carboxylic acids is 2. The van der Waals surface area contributed by atoms with Gasteiger partial charge in [0.1, 0.15) is 0 Å². The Balaban J connectivity index is 2.26. The fourth-order valence-electron chi connectivity index (χ4n) is 3.27. The van der Waals surface area contributed by atoms with E-state index in [-0.39, 0.29) is 19.0 Å². The first-order valence-electron chi connectivity index (χ1n) is 11.0. The molecule has 0 aromatic heterocycles. The zero-order valence-corrected chi connectivity index (χ0v) is 21.2. The second kappa shape index (κ2) is 14.4. The van der Waals surface area contributed by atoms with E-state index in [0.29, 0.717) is 34.1 Å². The van der Waals surface area contributed by atoms with Crippen molar-refractivity contribution in [2.45, 2.75) is 6.42 Å². The quantitative estimate of drug-likeness (QED) is 0.151. The van der Waals surface area contributed by atoms with Gasteiger partial charge in [0.05, 0.1) is 40.1 Å². The molecule has 0 saturated heterocycles. The van der Waals surface area contributed by atoms with Gasteiger partial charge in [-0.25, -0.2) is 0 Å². The summed E-state index contributed by atoms with van der Waals surface area (Å²) < 4.78 is 31.3. The summed E-state index contributed by atoms with van der Waals surface area (Å²) >= 11 is 0. The second-order valence-corrected chi connectivity index (χ2v) is 7.55. The molecule has 0 amide bonds. The summed E-state index contributed by atoms with van der Waals surface area (Å²) in [5.74, 6) is 0.646. The number of ether oxygens (including phenoxy) is 6. The van der Waals surface area contributed by atoms with Crippen molar-refractivity contribution in [3.63, 3.8) is 0 Å². The first-order valence-corrected chi connectivity index (χ1v) is 11.0. The van der Waals surface area contributed by atoms with Gasteiger partial charge in [-0.2, -0.15) is 0 Å². The van der Waals surface area contributed by atoms with Crippen LogP contribution in [0.25, 0.3) is 12.2 Å². The van der Waals surface area contributed by atoms with Gasteiger partial charge < -0.3 is 28.4 Å². The molecule has 0 spiro atoms.